The second-order valence-electron chi connectivity index (χ2n) is 12.1. The number of amides is 4. The lowest BCUT2D eigenvalue weighted by molar-refractivity contribution is -0.133. The second-order valence-corrected chi connectivity index (χ2v) is 12.1. The highest BCUT2D eigenvalue weighted by Crippen LogP contribution is 2.25. The largest absolute Gasteiger partial charge is 0.376 e. The smallest absolute Gasteiger partial charge is 0.239 e. The highest BCUT2D eigenvalue weighted by Gasteiger charge is 2.29. The molecule has 4 N–H and O–H groups in total. The molecular formula is C31H52N4O6. The number of rotatable bonds is 16. The maximum atomic E-state index is 12.5. The van der Waals surface area contributed by atoms with Crippen LogP contribution in [0.25, 0.3) is 0 Å². The van der Waals surface area contributed by atoms with Crippen molar-refractivity contribution in [3.05, 3.63) is 35.9 Å². The molecule has 1 aromatic rings. The van der Waals surface area contributed by atoms with Crippen molar-refractivity contribution in [3.8, 4) is 0 Å². The highest BCUT2D eigenvalue weighted by atomic mass is 16.5. The fraction of sp³-hybridized carbons (Fsp3) is 0.645. The summed E-state index contributed by atoms with van der Waals surface area (Å²) in [7, 11) is 0. The van der Waals surface area contributed by atoms with Gasteiger partial charge in [0.2, 0.25) is 23.6 Å². The molecule has 1 aromatic carbocycles. The van der Waals surface area contributed by atoms with Gasteiger partial charge in [0, 0.05) is 17.9 Å². The first-order valence-corrected chi connectivity index (χ1v) is 14.2. The summed E-state index contributed by atoms with van der Waals surface area (Å²) < 4.78 is 5.95. The zero-order valence-electron chi connectivity index (χ0n) is 26.4. The molecule has 0 saturated heterocycles. The van der Waals surface area contributed by atoms with E-state index < -0.39 is 23.1 Å². The Hall–Kier alpha value is -3.27. The number of Topliss-reactive ketones (excluding diaryl/α,β-unsaturated/α-hetero) is 1. The summed E-state index contributed by atoms with van der Waals surface area (Å²) in [5.41, 5.74) is 0.325. The first-order chi connectivity index (χ1) is 18.9. The highest BCUT2D eigenvalue weighted by molar-refractivity contribution is 5.92. The van der Waals surface area contributed by atoms with Gasteiger partial charge in [-0.3, -0.25) is 24.0 Å². The minimum atomic E-state index is -0.726. The third-order valence-electron chi connectivity index (χ3n) is 6.08. The van der Waals surface area contributed by atoms with Crippen LogP contribution in [0.5, 0.6) is 0 Å². The molecule has 10 nitrogen and oxygen atoms in total. The van der Waals surface area contributed by atoms with Crippen molar-refractivity contribution >= 4 is 29.4 Å². The number of nitrogens with one attached hydrogen (secondary N) is 4. The number of hydrogen-bond donors (Lipinski definition) is 4. The standard InChI is InChI=1S/C24H44N4O6.C7H8/c1-16(2)11-24(7,8)34-10-9-23(5,6)22(33)28-15-21(32)27-14-20(31)26-13-19(30)25-12-18(29)17(3)4;1-7-5-3-2-4-6-7/h16-17H,9-15H2,1-8H3,(H,25,30)(H,26,31)(H,27,32)(H,28,33);2-6H,1H3. The van der Waals surface area contributed by atoms with Gasteiger partial charge in [-0.05, 0) is 39.5 Å². The molecule has 0 spiro atoms. The van der Waals surface area contributed by atoms with Crippen molar-refractivity contribution in [2.75, 3.05) is 32.8 Å². The van der Waals surface area contributed by atoms with Crippen molar-refractivity contribution in [1.29, 1.82) is 0 Å². The summed E-state index contributed by atoms with van der Waals surface area (Å²) in [6.07, 6.45) is 1.41. The van der Waals surface area contributed by atoms with E-state index >= 15 is 0 Å². The van der Waals surface area contributed by atoms with E-state index in [9.17, 15) is 24.0 Å². The van der Waals surface area contributed by atoms with Crippen molar-refractivity contribution < 1.29 is 28.7 Å². The molecule has 10 heteroatoms. The molecule has 0 bridgehead atoms. The van der Waals surface area contributed by atoms with Crippen molar-refractivity contribution in [2.45, 2.75) is 80.8 Å². The van der Waals surface area contributed by atoms with Crippen LogP contribution >= 0.6 is 0 Å². The predicted molar refractivity (Wildman–Crippen MR) is 161 cm³/mol. The van der Waals surface area contributed by atoms with E-state index in [0.717, 1.165) is 6.42 Å². The molecule has 0 heterocycles. The average molecular weight is 577 g/mol. The van der Waals surface area contributed by atoms with E-state index in [1.807, 2.05) is 32.0 Å². The molecule has 0 aliphatic carbocycles. The Labute approximate surface area is 246 Å². The Morgan fingerprint density at radius 1 is 0.732 bits per heavy atom. The molecule has 41 heavy (non-hydrogen) atoms. The van der Waals surface area contributed by atoms with E-state index in [4.69, 9.17) is 4.74 Å². The summed E-state index contributed by atoms with van der Waals surface area (Å²) in [4.78, 5) is 59.3. The minimum Gasteiger partial charge on any atom is -0.376 e. The molecule has 0 aromatic heterocycles. The van der Waals surface area contributed by atoms with E-state index in [1.54, 1.807) is 27.7 Å². The third-order valence-corrected chi connectivity index (χ3v) is 6.08. The van der Waals surface area contributed by atoms with E-state index in [0.29, 0.717) is 18.9 Å². The summed E-state index contributed by atoms with van der Waals surface area (Å²) >= 11 is 0. The SMILES string of the molecule is CC(C)CC(C)(C)OCCC(C)(C)C(=O)NCC(=O)NCC(=O)NCC(=O)NCC(=O)C(C)C.Cc1ccccc1. The summed E-state index contributed by atoms with van der Waals surface area (Å²) in [5, 5.41) is 9.72. The Morgan fingerprint density at radius 2 is 1.20 bits per heavy atom. The van der Waals surface area contributed by atoms with Gasteiger partial charge in [0.25, 0.3) is 0 Å². The lowest BCUT2D eigenvalue weighted by atomic mass is 9.88. The second kappa shape index (κ2) is 19.0. The quantitative estimate of drug-likeness (QED) is 0.238. The van der Waals surface area contributed by atoms with Crippen LogP contribution in [-0.4, -0.2) is 67.8 Å². The van der Waals surface area contributed by atoms with Crippen LogP contribution in [0.15, 0.2) is 30.3 Å². The first-order valence-electron chi connectivity index (χ1n) is 14.2. The normalized spacial score (nSPS) is 11.3. The molecule has 1 rings (SSSR count). The molecule has 0 unspecified atom stereocenters. The number of aryl methyl sites for hydroxylation is 1. The van der Waals surface area contributed by atoms with Crippen LogP contribution in [0.3, 0.4) is 0 Å². The zero-order chi connectivity index (χ0) is 31.6. The maximum absolute atomic E-state index is 12.5. The lowest BCUT2D eigenvalue weighted by Crippen LogP contribution is -2.46. The third kappa shape index (κ3) is 19.4. The van der Waals surface area contributed by atoms with Gasteiger partial charge in [-0.2, -0.15) is 0 Å². The van der Waals surface area contributed by atoms with Gasteiger partial charge >= 0.3 is 0 Å². The summed E-state index contributed by atoms with van der Waals surface area (Å²) in [6.45, 7) is 16.8. The van der Waals surface area contributed by atoms with Crippen LogP contribution in [0.2, 0.25) is 0 Å². The molecule has 0 radical (unpaired) electrons. The van der Waals surface area contributed by atoms with Crippen molar-refractivity contribution in [1.82, 2.24) is 21.3 Å². The first kappa shape index (κ1) is 37.7. The van der Waals surface area contributed by atoms with Gasteiger partial charge in [-0.15, -0.1) is 0 Å². The van der Waals surface area contributed by atoms with Gasteiger partial charge in [-0.1, -0.05) is 77.4 Å². The number of ketones is 1. The Bertz CT molecular complexity index is 974. The number of hydrogen-bond acceptors (Lipinski definition) is 6. The number of carbonyl (C=O) groups is 5. The zero-order valence-corrected chi connectivity index (χ0v) is 26.4. The molecular weight excluding hydrogens is 524 g/mol. The maximum Gasteiger partial charge on any atom is 0.239 e. The minimum absolute atomic E-state index is 0.0962. The average Bonchev–Trinajstić information content (AvgIpc) is 2.87. The van der Waals surface area contributed by atoms with Gasteiger partial charge in [0.15, 0.2) is 5.78 Å². The Kier molecular flexibility index (Phi) is 17.4. The van der Waals surface area contributed by atoms with Gasteiger partial charge in [0.1, 0.15) is 0 Å². The van der Waals surface area contributed by atoms with Crippen LogP contribution in [0.1, 0.15) is 73.8 Å². The Balaban J connectivity index is 0.00000197. The Morgan fingerprint density at radius 3 is 1.61 bits per heavy atom. The van der Waals surface area contributed by atoms with Crippen LogP contribution in [0, 0.1) is 24.2 Å². The summed E-state index contributed by atoms with van der Waals surface area (Å²) in [5.74, 6) is -1.67. The lowest BCUT2D eigenvalue weighted by Gasteiger charge is -2.30. The molecule has 4 amide bonds. The fourth-order valence-electron chi connectivity index (χ4n) is 3.61. The van der Waals surface area contributed by atoms with Gasteiger partial charge in [0.05, 0.1) is 31.8 Å². The van der Waals surface area contributed by atoms with E-state index in [1.165, 1.54) is 5.56 Å². The number of benzene rings is 1. The monoisotopic (exact) mass is 576 g/mol. The molecule has 0 saturated carbocycles. The number of carbonyl (C=O) groups excluding carboxylic acids is 5. The van der Waals surface area contributed by atoms with Crippen molar-refractivity contribution in [2.24, 2.45) is 17.3 Å². The fourth-order valence-corrected chi connectivity index (χ4v) is 3.61. The van der Waals surface area contributed by atoms with E-state index in [-0.39, 0.29) is 49.4 Å². The van der Waals surface area contributed by atoms with Crippen LogP contribution in [0.4, 0.5) is 0 Å². The molecule has 232 valence electrons. The van der Waals surface area contributed by atoms with Gasteiger partial charge < -0.3 is 26.0 Å². The van der Waals surface area contributed by atoms with Gasteiger partial charge in [-0.25, -0.2) is 0 Å². The van der Waals surface area contributed by atoms with E-state index in [2.05, 4.69) is 54.2 Å². The topological polar surface area (TPSA) is 143 Å². The van der Waals surface area contributed by atoms with Crippen LogP contribution in [-0.2, 0) is 28.7 Å². The molecule has 0 aliphatic rings. The van der Waals surface area contributed by atoms with Crippen LogP contribution < -0.4 is 21.3 Å². The molecule has 0 aliphatic heterocycles. The predicted octanol–water partition coefficient (Wildman–Crippen LogP) is 2.93. The molecule has 0 atom stereocenters. The van der Waals surface area contributed by atoms with Crippen molar-refractivity contribution in [3.63, 3.8) is 0 Å². The summed E-state index contributed by atoms with van der Waals surface area (Å²) in [6, 6.07) is 10.3. The molecule has 0 fully saturated rings. The number of ether oxygens (including phenoxy) is 1.